The molecule has 0 radical (unpaired) electrons. The molecular formula is C25H31ClO2Si. The molecule has 1 atom stereocenters. The first-order valence-electron chi connectivity index (χ1n) is 10.0. The van der Waals surface area contributed by atoms with E-state index < -0.39 is 8.07 Å². The molecule has 1 unspecified atom stereocenters. The Morgan fingerprint density at radius 2 is 1.86 bits per heavy atom. The Hall–Kier alpha value is -1.97. The lowest BCUT2D eigenvalue weighted by atomic mass is 9.86. The predicted octanol–water partition coefficient (Wildman–Crippen LogP) is 6.44. The molecule has 0 bridgehead atoms. The van der Waals surface area contributed by atoms with Gasteiger partial charge in [-0.25, -0.2) is 0 Å². The number of benzene rings is 2. The lowest BCUT2D eigenvalue weighted by Crippen LogP contribution is -2.49. The van der Waals surface area contributed by atoms with E-state index in [1.807, 2.05) is 6.07 Å². The standard InChI is InChI=1S/C25H31ClO2Si/c1-8-13-28-23-20(25(2,3)4)15-18(26)16-22(23)29(6,7)24-19-12-10-9-11-17(19)14-21(24)27-5/h8-12,14-16,24H,1,13H2,2-7H3. The predicted molar refractivity (Wildman–Crippen MR) is 127 cm³/mol. The van der Waals surface area contributed by atoms with Crippen molar-refractivity contribution in [3.63, 3.8) is 0 Å². The maximum Gasteiger partial charge on any atom is 0.122 e. The minimum absolute atomic E-state index is 0.0891. The Labute approximate surface area is 181 Å². The third kappa shape index (κ3) is 4.03. The average molecular weight is 427 g/mol. The van der Waals surface area contributed by atoms with E-state index in [1.165, 1.54) is 16.3 Å². The molecule has 0 saturated heterocycles. The summed E-state index contributed by atoms with van der Waals surface area (Å²) < 4.78 is 12.2. The topological polar surface area (TPSA) is 18.5 Å². The molecule has 4 heteroatoms. The third-order valence-electron chi connectivity index (χ3n) is 5.75. The number of fused-ring (bicyclic) bond motifs is 1. The number of ether oxygens (including phenoxy) is 2. The van der Waals surface area contributed by atoms with Crippen LogP contribution in [0.4, 0.5) is 0 Å². The average Bonchev–Trinajstić information content (AvgIpc) is 3.05. The highest BCUT2D eigenvalue weighted by molar-refractivity contribution is 6.92. The molecule has 0 N–H and O–H groups in total. The second-order valence-electron chi connectivity index (χ2n) is 9.21. The van der Waals surface area contributed by atoms with Crippen molar-refractivity contribution in [3.05, 3.63) is 76.5 Å². The second kappa shape index (κ2) is 8.04. The van der Waals surface area contributed by atoms with Gasteiger partial charge in [0.2, 0.25) is 0 Å². The summed E-state index contributed by atoms with van der Waals surface area (Å²) in [5.74, 6) is 1.98. The van der Waals surface area contributed by atoms with E-state index in [0.717, 1.165) is 22.1 Å². The summed E-state index contributed by atoms with van der Waals surface area (Å²) in [7, 11) is -0.388. The molecule has 0 saturated carbocycles. The van der Waals surface area contributed by atoms with Crippen molar-refractivity contribution in [2.24, 2.45) is 0 Å². The van der Waals surface area contributed by atoms with Gasteiger partial charge in [0, 0.05) is 16.1 Å². The van der Waals surface area contributed by atoms with Gasteiger partial charge in [-0.3, -0.25) is 0 Å². The molecule has 0 aliphatic heterocycles. The minimum atomic E-state index is -2.15. The van der Waals surface area contributed by atoms with E-state index in [4.69, 9.17) is 21.1 Å². The van der Waals surface area contributed by atoms with Crippen molar-refractivity contribution < 1.29 is 9.47 Å². The van der Waals surface area contributed by atoms with Crippen LogP contribution in [0, 0.1) is 0 Å². The quantitative estimate of drug-likeness (QED) is 0.390. The minimum Gasteiger partial charge on any atom is -0.501 e. The van der Waals surface area contributed by atoms with Crippen molar-refractivity contribution in [2.75, 3.05) is 13.7 Å². The van der Waals surface area contributed by atoms with Crippen LogP contribution in [0.25, 0.3) is 6.08 Å². The fraction of sp³-hybridized carbons (Fsp3) is 0.360. The van der Waals surface area contributed by atoms with Gasteiger partial charge in [-0.2, -0.15) is 0 Å². The van der Waals surface area contributed by atoms with Gasteiger partial charge in [0.1, 0.15) is 26.2 Å². The summed E-state index contributed by atoms with van der Waals surface area (Å²) >= 11 is 6.65. The normalized spacial score (nSPS) is 16.2. The maximum absolute atomic E-state index is 6.65. The lowest BCUT2D eigenvalue weighted by molar-refractivity contribution is 0.285. The highest BCUT2D eigenvalue weighted by Gasteiger charge is 2.44. The van der Waals surface area contributed by atoms with Crippen LogP contribution in [0.15, 0.2) is 54.8 Å². The number of methoxy groups -OCH3 is 1. The Morgan fingerprint density at radius 3 is 2.48 bits per heavy atom. The first-order chi connectivity index (χ1) is 13.6. The van der Waals surface area contributed by atoms with Gasteiger partial charge in [0.05, 0.1) is 7.11 Å². The van der Waals surface area contributed by atoms with Gasteiger partial charge in [-0.15, -0.1) is 0 Å². The van der Waals surface area contributed by atoms with Crippen LogP contribution >= 0.6 is 11.6 Å². The second-order valence-corrected chi connectivity index (χ2v) is 14.2. The molecule has 0 aromatic heterocycles. The maximum atomic E-state index is 6.65. The summed E-state index contributed by atoms with van der Waals surface area (Å²) in [5, 5.41) is 1.98. The van der Waals surface area contributed by atoms with Crippen molar-refractivity contribution in [3.8, 4) is 5.75 Å². The molecule has 3 rings (SSSR count). The number of allylic oxidation sites excluding steroid dienone is 1. The van der Waals surface area contributed by atoms with Crippen molar-refractivity contribution in [2.45, 2.75) is 44.8 Å². The summed E-state index contributed by atoms with van der Waals surface area (Å²) in [6, 6.07) is 12.7. The molecule has 2 nitrogen and oxygen atoms in total. The van der Waals surface area contributed by atoms with Gasteiger partial charge in [-0.05, 0) is 39.9 Å². The molecule has 2 aromatic carbocycles. The summed E-state index contributed by atoms with van der Waals surface area (Å²) in [6.07, 6.45) is 3.97. The summed E-state index contributed by atoms with van der Waals surface area (Å²) in [4.78, 5) is 0. The van der Waals surface area contributed by atoms with Gasteiger partial charge >= 0.3 is 0 Å². The summed E-state index contributed by atoms with van der Waals surface area (Å²) in [5.41, 5.74) is 3.82. The van der Waals surface area contributed by atoms with Gasteiger partial charge in [-0.1, -0.05) is 82.4 Å². The van der Waals surface area contributed by atoms with Gasteiger partial charge in [0.25, 0.3) is 0 Å². The van der Waals surface area contributed by atoms with E-state index in [0.29, 0.717) is 6.61 Å². The van der Waals surface area contributed by atoms with Crippen molar-refractivity contribution in [1.82, 2.24) is 0 Å². The van der Waals surface area contributed by atoms with Crippen LogP contribution in [0.3, 0.4) is 0 Å². The lowest BCUT2D eigenvalue weighted by Gasteiger charge is -2.36. The smallest absolute Gasteiger partial charge is 0.122 e. The fourth-order valence-corrected chi connectivity index (χ4v) is 8.19. The molecule has 0 heterocycles. The number of rotatable bonds is 6. The molecular weight excluding hydrogens is 396 g/mol. The Kier molecular flexibility index (Phi) is 6.02. The van der Waals surface area contributed by atoms with Crippen molar-refractivity contribution in [1.29, 1.82) is 0 Å². The van der Waals surface area contributed by atoms with Gasteiger partial charge < -0.3 is 9.47 Å². The number of hydrogen-bond acceptors (Lipinski definition) is 2. The molecule has 2 aromatic rings. The SMILES string of the molecule is C=CCOc1c(C(C)(C)C)cc(Cl)cc1[Si](C)(C)C1C(OC)=Cc2ccccc21. The van der Waals surface area contributed by atoms with E-state index in [9.17, 15) is 0 Å². The number of hydrogen-bond donors (Lipinski definition) is 0. The van der Waals surface area contributed by atoms with Crippen LogP contribution in [0.2, 0.25) is 18.1 Å². The van der Waals surface area contributed by atoms with E-state index >= 15 is 0 Å². The zero-order valence-electron chi connectivity index (χ0n) is 18.3. The molecule has 0 amide bonds. The van der Waals surface area contributed by atoms with Gasteiger partial charge in [0.15, 0.2) is 0 Å². The zero-order valence-corrected chi connectivity index (χ0v) is 20.1. The van der Waals surface area contributed by atoms with E-state index in [1.54, 1.807) is 13.2 Å². The van der Waals surface area contributed by atoms with Crippen LogP contribution in [0.1, 0.15) is 43.0 Å². The third-order valence-corrected chi connectivity index (χ3v) is 9.76. The molecule has 0 spiro atoms. The highest BCUT2D eigenvalue weighted by atomic mass is 35.5. The molecule has 0 fully saturated rings. The largest absolute Gasteiger partial charge is 0.501 e. The Balaban J connectivity index is 2.24. The van der Waals surface area contributed by atoms with Crippen LogP contribution in [0.5, 0.6) is 5.75 Å². The van der Waals surface area contributed by atoms with Crippen LogP contribution < -0.4 is 9.92 Å². The first-order valence-corrected chi connectivity index (χ1v) is 13.5. The van der Waals surface area contributed by atoms with Crippen molar-refractivity contribution >= 4 is 30.9 Å². The zero-order chi connectivity index (χ0) is 21.4. The fourth-order valence-electron chi connectivity index (χ4n) is 4.30. The first kappa shape index (κ1) is 21.7. The molecule has 1 aliphatic rings. The van der Waals surface area contributed by atoms with E-state index in [-0.39, 0.29) is 11.0 Å². The Bertz CT molecular complexity index is 954. The highest BCUT2D eigenvalue weighted by Crippen LogP contribution is 2.44. The molecule has 29 heavy (non-hydrogen) atoms. The molecule has 154 valence electrons. The van der Waals surface area contributed by atoms with Crippen LogP contribution in [-0.2, 0) is 10.2 Å². The molecule has 1 aliphatic carbocycles. The Morgan fingerprint density at radius 1 is 1.17 bits per heavy atom. The monoisotopic (exact) mass is 426 g/mol. The van der Waals surface area contributed by atoms with Crippen LogP contribution in [-0.4, -0.2) is 21.8 Å². The summed E-state index contributed by atoms with van der Waals surface area (Å²) in [6.45, 7) is 15.7. The van der Waals surface area contributed by atoms with E-state index in [2.05, 4.69) is 76.9 Å². The number of halogens is 1.